The Bertz CT molecular complexity index is 1270. The third-order valence-corrected chi connectivity index (χ3v) is 5.67. The first-order chi connectivity index (χ1) is 14.7. The Morgan fingerprint density at radius 2 is 1.57 bits per heavy atom. The van der Waals surface area contributed by atoms with Gasteiger partial charge in [0.25, 0.3) is 5.91 Å². The van der Waals surface area contributed by atoms with Gasteiger partial charge in [-0.2, -0.15) is 0 Å². The number of carbonyl (C=O) groups excluding carboxylic acids is 1. The summed E-state index contributed by atoms with van der Waals surface area (Å²) >= 11 is 0. The van der Waals surface area contributed by atoms with Gasteiger partial charge in [0.15, 0.2) is 5.43 Å². The van der Waals surface area contributed by atoms with Crippen molar-refractivity contribution >= 4 is 27.7 Å². The highest BCUT2D eigenvalue weighted by Gasteiger charge is 2.29. The number of benzene rings is 3. The Labute approximate surface area is 173 Å². The maximum absolute atomic E-state index is 13.2. The van der Waals surface area contributed by atoms with Gasteiger partial charge in [0.1, 0.15) is 5.75 Å². The van der Waals surface area contributed by atoms with Gasteiger partial charge in [0.2, 0.25) is 6.10 Å². The number of hydrogen-bond donors (Lipinski definition) is 1. The van der Waals surface area contributed by atoms with E-state index in [-0.39, 0.29) is 11.3 Å². The van der Waals surface area contributed by atoms with Crippen LogP contribution in [0.4, 0.5) is 0 Å². The third kappa shape index (κ3) is 3.32. The zero-order valence-electron chi connectivity index (χ0n) is 16.5. The fraction of sp³-hybridized carbons (Fsp3) is 0.200. The molecule has 0 saturated carbocycles. The molecule has 0 bridgehead atoms. The van der Waals surface area contributed by atoms with E-state index in [0.29, 0.717) is 16.5 Å². The summed E-state index contributed by atoms with van der Waals surface area (Å²) in [6.45, 7) is 1.52. The molecule has 0 unspecified atom stereocenters. The predicted molar refractivity (Wildman–Crippen MR) is 118 cm³/mol. The largest absolute Gasteiger partial charge is 0.476 e. The van der Waals surface area contributed by atoms with E-state index in [9.17, 15) is 9.59 Å². The first-order valence-corrected chi connectivity index (χ1v) is 10.3. The number of carbonyl (C=O) groups is 1. The van der Waals surface area contributed by atoms with E-state index in [4.69, 9.17) is 4.74 Å². The van der Waals surface area contributed by atoms with Gasteiger partial charge in [-0.15, -0.1) is 0 Å². The van der Waals surface area contributed by atoms with Crippen molar-refractivity contribution in [2.75, 3.05) is 13.1 Å². The van der Waals surface area contributed by atoms with E-state index in [1.807, 2.05) is 65.6 Å². The lowest BCUT2D eigenvalue weighted by Gasteiger charge is -2.24. The SMILES string of the molecule is O=C([C@@H](Oc1ccc2[nH]c3ccccc3c(=O)c2c1)c1ccccc1)N1CCCC1. The van der Waals surface area contributed by atoms with Gasteiger partial charge in [-0.05, 0) is 43.2 Å². The molecule has 3 aromatic carbocycles. The van der Waals surface area contributed by atoms with Gasteiger partial charge >= 0.3 is 0 Å². The van der Waals surface area contributed by atoms with Crippen molar-refractivity contribution in [3.05, 3.63) is 88.6 Å². The molecule has 1 N–H and O–H groups in total. The number of hydrogen-bond acceptors (Lipinski definition) is 3. The molecule has 1 fully saturated rings. The molecule has 1 atom stereocenters. The summed E-state index contributed by atoms with van der Waals surface area (Å²) in [5.74, 6) is 0.468. The molecule has 4 aromatic rings. The van der Waals surface area contributed by atoms with Gasteiger partial charge in [-0.3, -0.25) is 9.59 Å². The second kappa shape index (κ2) is 7.67. The van der Waals surface area contributed by atoms with Gasteiger partial charge in [0.05, 0.1) is 5.52 Å². The van der Waals surface area contributed by atoms with Gasteiger partial charge in [-0.1, -0.05) is 42.5 Å². The average Bonchev–Trinajstić information content (AvgIpc) is 3.33. The van der Waals surface area contributed by atoms with Crippen LogP contribution in [-0.2, 0) is 4.79 Å². The Balaban J connectivity index is 1.55. The number of fused-ring (bicyclic) bond motifs is 2. The number of nitrogens with zero attached hydrogens (tertiary/aromatic N) is 1. The Morgan fingerprint density at radius 3 is 2.37 bits per heavy atom. The van der Waals surface area contributed by atoms with Crippen LogP contribution in [0.2, 0.25) is 0 Å². The second-order valence-electron chi connectivity index (χ2n) is 7.65. The zero-order chi connectivity index (χ0) is 20.5. The van der Waals surface area contributed by atoms with Crippen LogP contribution < -0.4 is 10.2 Å². The quantitative estimate of drug-likeness (QED) is 0.518. The molecule has 1 aliphatic rings. The number of nitrogens with one attached hydrogen (secondary N) is 1. The minimum Gasteiger partial charge on any atom is -0.476 e. The number of para-hydroxylation sites is 1. The summed E-state index contributed by atoms with van der Waals surface area (Å²) in [5.41, 5.74) is 2.30. The van der Waals surface area contributed by atoms with Crippen LogP contribution in [0.1, 0.15) is 24.5 Å². The van der Waals surface area contributed by atoms with Crippen LogP contribution in [0, 0.1) is 0 Å². The van der Waals surface area contributed by atoms with Crippen molar-refractivity contribution in [3.8, 4) is 5.75 Å². The first kappa shape index (κ1) is 18.4. The lowest BCUT2D eigenvalue weighted by Crippen LogP contribution is -2.35. The van der Waals surface area contributed by atoms with E-state index in [0.717, 1.165) is 42.5 Å². The van der Waals surface area contributed by atoms with Gasteiger partial charge in [0, 0.05) is 34.9 Å². The summed E-state index contributed by atoms with van der Waals surface area (Å²) in [4.78, 5) is 31.3. The number of rotatable bonds is 4. The molecule has 2 heterocycles. The highest BCUT2D eigenvalue weighted by Crippen LogP contribution is 2.28. The third-order valence-electron chi connectivity index (χ3n) is 5.67. The molecule has 0 spiro atoms. The monoisotopic (exact) mass is 398 g/mol. The van der Waals surface area contributed by atoms with Gasteiger partial charge < -0.3 is 14.6 Å². The fourth-order valence-electron chi connectivity index (χ4n) is 4.10. The van der Waals surface area contributed by atoms with E-state index >= 15 is 0 Å². The van der Waals surface area contributed by atoms with Crippen LogP contribution in [0.25, 0.3) is 21.8 Å². The normalized spacial score (nSPS) is 14.9. The van der Waals surface area contributed by atoms with Crippen LogP contribution in [0.5, 0.6) is 5.75 Å². The number of H-pyrrole nitrogens is 1. The number of ether oxygens (including phenoxy) is 1. The highest BCUT2D eigenvalue weighted by molar-refractivity contribution is 5.93. The van der Waals surface area contributed by atoms with Crippen molar-refractivity contribution in [1.29, 1.82) is 0 Å². The van der Waals surface area contributed by atoms with Crippen LogP contribution in [0.3, 0.4) is 0 Å². The highest BCUT2D eigenvalue weighted by atomic mass is 16.5. The number of aromatic nitrogens is 1. The summed E-state index contributed by atoms with van der Waals surface area (Å²) in [5, 5.41) is 1.18. The van der Waals surface area contributed by atoms with Crippen molar-refractivity contribution in [1.82, 2.24) is 9.88 Å². The molecule has 30 heavy (non-hydrogen) atoms. The molecule has 5 heteroatoms. The molecular formula is C25H22N2O3. The molecule has 0 aliphatic carbocycles. The Morgan fingerprint density at radius 1 is 0.867 bits per heavy atom. The molecule has 1 aliphatic heterocycles. The molecule has 1 saturated heterocycles. The molecule has 0 radical (unpaired) electrons. The Hall–Kier alpha value is -3.60. The lowest BCUT2D eigenvalue weighted by molar-refractivity contribution is -0.137. The minimum absolute atomic E-state index is 0.0359. The number of amides is 1. The van der Waals surface area contributed by atoms with Crippen LogP contribution >= 0.6 is 0 Å². The molecule has 1 amide bonds. The summed E-state index contributed by atoms with van der Waals surface area (Å²) in [7, 11) is 0. The smallest absolute Gasteiger partial charge is 0.268 e. The molecule has 5 nitrogen and oxygen atoms in total. The molecule has 1 aromatic heterocycles. The van der Waals surface area contributed by atoms with E-state index < -0.39 is 6.10 Å². The standard InChI is InChI=1S/C25H22N2O3/c28-23-19-10-4-5-11-21(19)26-22-13-12-18(16-20(22)23)30-24(17-8-2-1-3-9-17)25(29)27-14-6-7-15-27/h1-5,8-13,16,24H,6-7,14-15H2,(H,26,28)/t24-/m0/s1. The minimum atomic E-state index is -0.735. The fourth-order valence-corrected chi connectivity index (χ4v) is 4.10. The van der Waals surface area contributed by atoms with Crippen molar-refractivity contribution in [2.45, 2.75) is 18.9 Å². The number of pyridine rings is 1. The zero-order valence-corrected chi connectivity index (χ0v) is 16.5. The number of aromatic amines is 1. The van der Waals surface area contributed by atoms with E-state index in [1.165, 1.54) is 0 Å². The maximum Gasteiger partial charge on any atom is 0.268 e. The van der Waals surface area contributed by atoms with Crippen molar-refractivity contribution < 1.29 is 9.53 Å². The summed E-state index contributed by atoms with van der Waals surface area (Å²) in [6.07, 6.45) is 1.30. The number of likely N-dealkylation sites (tertiary alicyclic amines) is 1. The van der Waals surface area contributed by atoms with Crippen LogP contribution in [-0.4, -0.2) is 28.9 Å². The second-order valence-corrected chi connectivity index (χ2v) is 7.65. The molecule has 150 valence electrons. The van der Waals surface area contributed by atoms with E-state index in [2.05, 4.69) is 4.98 Å². The Kier molecular flexibility index (Phi) is 4.71. The summed E-state index contributed by atoms with van der Waals surface area (Å²) < 4.78 is 6.21. The van der Waals surface area contributed by atoms with Gasteiger partial charge in [-0.25, -0.2) is 0 Å². The van der Waals surface area contributed by atoms with Crippen molar-refractivity contribution in [3.63, 3.8) is 0 Å². The summed E-state index contributed by atoms with van der Waals surface area (Å²) in [6, 6.07) is 22.3. The lowest BCUT2D eigenvalue weighted by atomic mass is 10.1. The first-order valence-electron chi connectivity index (χ1n) is 10.3. The van der Waals surface area contributed by atoms with Crippen molar-refractivity contribution in [2.24, 2.45) is 0 Å². The molecule has 5 rings (SSSR count). The molecular weight excluding hydrogens is 376 g/mol. The van der Waals surface area contributed by atoms with Crippen LogP contribution in [0.15, 0.2) is 77.6 Å². The maximum atomic E-state index is 13.2. The topological polar surface area (TPSA) is 62.4 Å². The predicted octanol–water partition coefficient (Wildman–Crippen LogP) is 4.42. The average molecular weight is 398 g/mol. The van der Waals surface area contributed by atoms with E-state index in [1.54, 1.807) is 12.1 Å².